The van der Waals surface area contributed by atoms with Gasteiger partial charge >= 0.3 is 5.97 Å². The smallest absolute Gasteiger partial charge is 0.336 e. The number of carbonyl (C=O) groups excluding carboxylic acids is 1. The van der Waals surface area contributed by atoms with Crippen molar-refractivity contribution in [2.75, 3.05) is 21.2 Å². The third-order valence-corrected chi connectivity index (χ3v) is 9.81. The topological polar surface area (TPSA) is 45.1 Å². The zero-order valence-electron chi connectivity index (χ0n) is 23.7. The Balaban J connectivity index is 1.51. The number of nitrogens with zero attached hydrogens (tertiary/aromatic N) is 3. The molecule has 1 aliphatic heterocycles. The first-order valence-corrected chi connectivity index (χ1v) is 14.6. The molecule has 2 fully saturated rings. The number of hydrogen-bond acceptors (Lipinski definition) is 5. The van der Waals surface area contributed by atoms with Crippen molar-refractivity contribution < 1.29 is 13.9 Å². The van der Waals surface area contributed by atoms with Gasteiger partial charge in [-0.15, -0.1) is 0 Å². The molecule has 0 radical (unpaired) electrons. The van der Waals surface area contributed by atoms with E-state index in [0.717, 1.165) is 38.5 Å². The van der Waals surface area contributed by atoms with Gasteiger partial charge in [-0.3, -0.25) is 4.99 Å². The predicted octanol–water partition coefficient (Wildman–Crippen LogP) is 6.63. The second kappa shape index (κ2) is 12.3. The first-order valence-electron chi connectivity index (χ1n) is 14.6. The Morgan fingerprint density at radius 1 is 1.11 bits per heavy atom. The highest BCUT2D eigenvalue weighted by molar-refractivity contribution is 5.87. The molecule has 0 N–H and O–H groups in total. The molecule has 0 saturated heterocycles. The monoisotopic (exact) mass is 513 g/mol. The molecular formula is C31H48FN3O2. The van der Waals surface area contributed by atoms with Crippen molar-refractivity contribution in [1.29, 1.82) is 0 Å². The number of rotatable bonds is 9. The van der Waals surface area contributed by atoms with Crippen LogP contribution in [0.4, 0.5) is 4.39 Å². The van der Waals surface area contributed by atoms with Crippen LogP contribution < -0.4 is 0 Å². The molecule has 2 saturated carbocycles. The first-order chi connectivity index (χ1) is 17.8. The molecule has 2 aliphatic carbocycles. The van der Waals surface area contributed by atoms with Gasteiger partial charge < -0.3 is 14.5 Å². The highest BCUT2D eigenvalue weighted by Crippen LogP contribution is 2.46. The van der Waals surface area contributed by atoms with Crippen molar-refractivity contribution in [2.45, 2.75) is 108 Å². The molecule has 4 atom stereocenters. The van der Waals surface area contributed by atoms with Crippen LogP contribution in [-0.4, -0.2) is 60.9 Å². The minimum Gasteiger partial charge on any atom is -0.467 e. The molecule has 0 aromatic heterocycles. The number of halogens is 1. The van der Waals surface area contributed by atoms with E-state index in [1.54, 1.807) is 12.1 Å². The van der Waals surface area contributed by atoms with E-state index >= 15 is 0 Å². The van der Waals surface area contributed by atoms with E-state index in [4.69, 9.17) is 9.73 Å². The van der Waals surface area contributed by atoms with Gasteiger partial charge in [0.1, 0.15) is 5.82 Å². The Bertz CT molecular complexity index is 906. The molecule has 1 aromatic rings. The van der Waals surface area contributed by atoms with Crippen LogP contribution in [0.1, 0.15) is 96.1 Å². The van der Waals surface area contributed by atoms with Gasteiger partial charge in [-0.2, -0.15) is 0 Å². The number of carbonyl (C=O) groups is 1. The lowest BCUT2D eigenvalue weighted by atomic mass is 9.70. The predicted molar refractivity (Wildman–Crippen MR) is 148 cm³/mol. The lowest BCUT2D eigenvalue weighted by Crippen LogP contribution is -2.58. The Hall–Kier alpha value is -1.95. The minimum atomic E-state index is -0.807. The van der Waals surface area contributed by atoms with E-state index < -0.39 is 5.54 Å². The summed E-state index contributed by atoms with van der Waals surface area (Å²) in [4.78, 5) is 23.2. The van der Waals surface area contributed by atoms with Gasteiger partial charge in [0, 0.05) is 12.1 Å². The maximum Gasteiger partial charge on any atom is 0.336 e. The zero-order chi connectivity index (χ0) is 26.6. The fourth-order valence-corrected chi connectivity index (χ4v) is 7.61. The quantitative estimate of drug-likeness (QED) is 0.348. The van der Waals surface area contributed by atoms with Crippen LogP contribution in [0.25, 0.3) is 0 Å². The van der Waals surface area contributed by atoms with Gasteiger partial charge in [-0.25, -0.2) is 9.18 Å². The molecule has 4 rings (SSSR count). The Labute approximate surface area is 223 Å². The van der Waals surface area contributed by atoms with Crippen LogP contribution in [0.2, 0.25) is 0 Å². The van der Waals surface area contributed by atoms with Crippen molar-refractivity contribution >= 4 is 12.3 Å². The second-order valence-corrected chi connectivity index (χ2v) is 12.1. The summed E-state index contributed by atoms with van der Waals surface area (Å²) >= 11 is 0. The third kappa shape index (κ3) is 5.74. The summed E-state index contributed by atoms with van der Waals surface area (Å²) in [6.07, 6.45) is 14.7. The molecule has 0 spiro atoms. The number of ether oxygens (including phenoxy) is 1. The number of hydrogen-bond donors (Lipinski definition) is 0. The number of aliphatic imine (C=N–C) groups is 1. The summed E-state index contributed by atoms with van der Waals surface area (Å²) in [6.45, 7) is 4.33. The number of benzene rings is 1. The van der Waals surface area contributed by atoms with Gasteiger partial charge in [0.05, 0.1) is 19.5 Å². The van der Waals surface area contributed by atoms with Crippen LogP contribution in [0.15, 0.2) is 29.3 Å². The second-order valence-electron chi connectivity index (χ2n) is 12.1. The molecule has 6 heteroatoms. The molecule has 206 valence electrons. The largest absolute Gasteiger partial charge is 0.467 e. The highest BCUT2D eigenvalue weighted by Gasteiger charge is 2.56. The Kier molecular flexibility index (Phi) is 9.31. The van der Waals surface area contributed by atoms with Crippen molar-refractivity contribution in [2.24, 2.45) is 22.7 Å². The summed E-state index contributed by atoms with van der Waals surface area (Å²) in [5.41, 5.74) is 0.391. The van der Waals surface area contributed by atoms with Gasteiger partial charge in [0.2, 0.25) is 0 Å². The average Bonchev–Trinajstić information content (AvgIpc) is 3.30. The van der Waals surface area contributed by atoms with Gasteiger partial charge in [-0.1, -0.05) is 64.5 Å². The van der Waals surface area contributed by atoms with E-state index in [1.165, 1.54) is 44.8 Å². The van der Waals surface area contributed by atoms with E-state index in [9.17, 15) is 9.18 Å². The molecule has 1 aromatic carbocycles. The van der Waals surface area contributed by atoms with E-state index in [0.29, 0.717) is 23.9 Å². The summed E-state index contributed by atoms with van der Waals surface area (Å²) in [5.74, 6) is 0.896. The minimum absolute atomic E-state index is 0.0706. The number of methoxy groups -OCH3 is 1. The Morgan fingerprint density at radius 3 is 2.32 bits per heavy atom. The van der Waals surface area contributed by atoms with Crippen LogP contribution in [-0.2, 0) is 9.53 Å². The third-order valence-electron chi connectivity index (χ3n) is 9.81. The lowest BCUT2D eigenvalue weighted by Gasteiger charge is -2.45. The summed E-state index contributed by atoms with van der Waals surface area (Å²) < 4.78 is 19.0. The van der Waals surface area contributed by atoms with Gasteiger partial charge in [0.15, 0.2) is 5.54 Å². The van der Waals surface area contributed by atoms with Crippen LogP contribution in [0.3, 0.4) is 0 Å². The fourth-order valence-electron chi connectivity index (χ4n) is 7.61. The summed E-state index contributed by atoms with van der Waals surface area (Å²) in [5, 5.41) is 0. The van der Waals surface area contributed by atoms with E-state index in [2.05, 4.69) is 37.7 Å². The molecule has 4 unspecified atom stereocenters. The molecule has 0 amide bonds. The average molecular weight is 514 g/mol. The first kappa shape index (κ1) is 28.1. The van der Waals surface area contributed by atoms with Gasteiger partial charge in [0.25, 0.3) is 0 Å². The van der Waals surface area contributed by atoms with Crippen molar-refractivity contribution in [3.63, 3.8) is 0 Å². The normalized spacial score (nSPS) is 30.5. The van der Waals surface area contributed by atoms with Crippen LogP contribution >= 0.6 is 0 Å². The Morgan fingerprint density at radius 2 is 1.76 bits per heavy atom. The number of esters is 1. The molecule has 37 heavy (non-hydrogen) atoms. The highest BCUT2D eigenvalue weighted by atomic mass is 19.1. The maximum absolute atomic E-state index is 13.6. The van der Waals surface area contributed by atoms with Gasteiger partial charge in [-0.05, 0) is 81.6 Å². The lowest BCUT2D eigenvalue weighted by molar-refractivity contribution is -0.151. The zero-order valence-corrected chi connectivity index (χ0v) is 23.7. The molecular weight excluding hydrogens is 465 g/mol. The molecule has 3 aliphatic rings. The van der Waals surface area contributed by atoms with Crippen LogP contribution in [0.5, 0.6) is 0 Å². The standard InChI is InChI=1S/C31H48FN3O2/c1-6-22(2)31(30(36)37-5)28(35(21-33-31)27-10-8-7-9-11-27)20-23-12-14-24(15-13-23)29(34(3)4)25-16-18-26(32)19-17-25/h16-19,21-24,27-29H,6-15,20H2,1-5H3. The van der Waals surface area contributed by atoms with Crippen molar-refractivity contribution in [1.82, 2.24) is 9.80 Å². The van der Waals surface area contributed by atoms with Crippen molar-refractivity contribution in [3.05, 3.63) is 35.6 Å². The fraction of sp³-hybridized carbons (Fsp3) is 0.742. The van der Waals surface area contributed by atoms with Crippen molar-refractivity contribution in [3.8, 4) is 0 Å². The molecule has 5 nitrogen and oxygen atoms in total. The van der Waals surface area contributed by atoms with E-state index in [-0.39, 0.29) is 23.7 Å². The molecule has 0 bridgehead atoms. The summed E-state index contributed by atoms with van der Waals surface area (Å²) in [6, 6.07) is 7.90. The van der Waals surface area contributed by atoms with E-state index in [1.807, 2.05) is 18.5 Å². The molecule has 1 heterocycles. The van der Waals surface area contributed by atoms with Crippen LogP contribution in [0, 0.1) is 23.6 Å². The SMILES string of the molecule is CCC(C)C1(C(=O)OC)N=CN(C2CCCCC2)C1CC1CCC(C(c2ccc(F)cc2)N(C)C)CC1. The summed E-state index contributed by atoms with van der Waals surface area (Å²) in [7, 11) is 5.79. The maximum atomic E-state index is 13.6.